The molecular formula is C24H16BrClN2O4S. The predicted molar refractivity (Wildman–Crippen MR) is 134 cm³/mol. The number of nitrogens with zero attached hydrogens (tertiary/aromatic N) is 1. The van der Waals surface area contributed by atoms with Crippen molar-refractivity contribution in [2.45, 2.75) is 0 Å². The van der Waals surface area contributed by atoms with E-state index in [2.05, 4.69) is 26.5 Å². The normalized spacial score (nSPS) is 11.0. The Labute approximate surface area is 206 Å². The van der Waals surface area contributed by atoms with Crippen LogP contribution < -0.4 is 14.9 Å². The van der Waals surface area contributed by atoms with Crippen LogP contribution in [0.2, 0.25) is 5.02 Å². The van der Waals surface area contributed by atoms with E-state index in [4.69, 9.17) is 21.1 Å². The monoisotopic (exact) mass is 542 g/mol. The second-order valence-electron chi connectivity index (χ2n) is 6.71. The molecule has 0 bridgehead atoms. The number of benzene rings is 3. The van der Waals surface area contributed by atoms with Crippen LogP contribution in [-0.2, 0) is 4.79 Å². The van der Waals surface area contributed by atoms with Crippen LogP contribution in [0.4, 0.5) is 0 Å². The maximum atomic E-state index is 12.5. The minimum atomic E-state index is -0.514. The van der Waals surface area contributed by atoms with E-state index < -0.39 is 11.9 Å². The Bertz CT molecular complexity index is 1340. The van der Waals surface area contributed by atoms with Crippen molar-refractivity contribution in [1.82, 2.24) is 5.43 Å². The molecule has 0 saturated carbocycles. The summed E-state index contributed by atoms with van der Waals surface area (Å²) in [7, 11) is 0. The topological polar surface area (TPSA) is 77.0 Å². The number of thiophene rings is 1. The maximum absolute atomic E-state index is 12.5. The number of carbonyl (C=O) groups excluding carboxylic acids is 2. The molecule has 33 heavy (non-hydrogen) atoms. The van der Waals surface area contributed by atoms with Gasteiger partial charge in [0.2, 0.25) is 0 Å². The van der Waals surface area contributed by atoms with Crippen molar-refractivity contribution in [2.75, 3.05) is 6.61 Å². The molecule has 1 heterocycles. The molecule has 0 saturated heterocycles. The van der Waals surface area contributed by atoms with Crippen molar-refractivity contribution >= 4 is 67.0 Å². The number of halogens is 2. The highest BCUT2D eigenvalue weighted by Crippen LogP contribution is 2.35. The molecule has 166 valence electrons. The molecule has 1 amide bonds. The van der Waals surface area contributed by atoms with Gasteiger partial charge >= 0.3 is 5.97 Å². The molecule has 0 aliphatic carbocycles. The predicted octanol–water partition coefficient (Wildman–Crippen LogP) is 6.07. The van der Waals surface area contributed by atoms with E-state index in [1.54, 1.807) is 30.3 Å². The Balaban J connectivity index is 1.30. The van der Waals surface area contributed by atoms with E-state index in [-0.39, 0.29) is 6.61 Å². The smallest absolute Gasteiger partial charge is 0.355 e. The molecule has 1 aromatic heterocycles. The van der Waals surface area contributed by atoms with E-state index in [0.29, 0.717) is 27.0 Å². The number of rotatable bonds is 7. The summed E-state index contributed by atoms with van der Waals surface area (Å²) in [6, 6.07) is 21.5. The summed E-state index contributed by atoms with van der Waals surface area (Å²) in [5, 5.41) is 5.13. The number of carbonyl (C=O) groups is 2. The molecule has 9 heteroatoms. The fourth-order valence-corrected chi connectivity index (χ4v) is 4.62. The molecule has 1 N–H and O–H groups in total. The lowest BCUT2D eigenvalue weighted by Gasteiger charge is -2.06. The van der Waals surface area contributed by atoms with Gasteiger partial charge in [0.25, 0.3) is 5.91 Å². The van der Waals surface area contributed by atoms with E-state index in [1.807, 2.05) is 42.5 Å². The molecule has 0 aliphatic heterocycles. The molecule has 6 nitrogen and oxygen atoms in total. The van der Waals surface area contributed by atoms with E-state index in [9.17, 15) is 9.59 Å². The van der Waals surface area contributed by atoms with Crippen molar-refractivity contribution in [3.8, 4) is 11.5 Å². The van der Waals surface area contributed by atoms with Crippen molar-refractivity contribution < 1.29 is 19.1 Å². The van der Waals surface area contributed by atoms with E-state index in [0.717, 1.165) is 14.6 Å². The number of esters is 1. The summed E-state index contributed by atoms with van der Waals surface area (Å²) in [5.41, 5.74) is 3.11. The van der Waals surface area contributed by atoms with Crippen LogP contribution in [0.1, 0.15) is 15.2 Å². The number of fused-ring (bicyclic) bond motifs is 1. The number of ether oxygens (including phenoxy) is 2. The first kappa shape index (κ1) is 23.0. The number of nitrogens with one attached hydrogen (secondary N) is 1. The number of hydrogen-bond donors (Lipinski definition) is 1. The van der Waals surface area contributed by atoms with Crippen molar-refractivity contribution in [1.29, 1.82) is 0 Å². The number of para-hydroxylation sites is 1. The quantitative estimate of drug-likeness (QED) is 0.133. The van der Waals surface area contributed by atoms with E-state index >= 15 is 0 Å². The highest BCUT2D eigenvalue weighted by Gasteiger charge is 2.18. The zero-order chi connectivity index (χ0) is 23.2. The molecule has 0 spiro atoms. The largest absolute Gasteiger partial charge is 0.483 e. The Morgan fingerprint density at radius 2 is 1.76 bits per heavy atom. The summed E-state index contributed by atoms with van der Waals surface area (Å²) >= 11 is 11.0. The molecule has 4 aromatic rings. The second kappa shape index (κ2) is 10.6. The molecule has 0 radical (unpaired) electrons. The van der Waals surface area contributed by atoms with Gasteiger partial charge in [0.1, 0.15) is 16.4 Å². The van der Waals surface area contributed by atoms with Crippen LogP contribution in [-0.4, -0.2) is 24.7 Å². The average Bonchev–Trinajstić information content (AvgIpc) is 3.16. The number of amides is 1. The van der Waals surface area contributed by atoms with Gasteiger partial charge in [0.05, 0.1) is 15.7 Å². The summed E-state index contributed by atoms with van der Waals surface area (Å²) < 4.78 is 12.6. The first-order chi connectivity index (χ1) is 16.0. The standard InChI is InChI=1S/C24H16BrClN2O4S/c25-18-6-2-3-7-19(18)31-14-21(29)28-27-13-15-9-11-16(12-10-15)32-24(30)23-22(26)17-5-1-4-8-20(17)33-23/h1-13H,14H2,(H,28,29). The lowest BCUT2D eigenvalue weighted by molar-refractivity contribution is -0.123. The fourth-order valence-electron chi connectivity index (χ4n) is 2.84. The van der Waals surface area contributed by atoms with E-state index in [1.165, 1.54) is 17.6 Å². The highest BCUT2D eigenvalue weighted by molar-refractivity contribution is 9.10. The summed E-state index contributed by atoms with van der Waals surface area (Å²) in [6.07, 6.45) is 1.48. The SMILES string of the molecule is O=C(COc1ccccc1Br)NN=Cc1ccc(OC(=O)c2sc3ccccc3c2Cl)cc1. The van der Waals surface area contributed by atoms with Gasteiger partial charge < -0.3 is 9.47 Å². The third kappa shape index (κ3) is 5.78. The van der Waals surface area contributed by atoms with Gasteiger partial charge in [0.15, 0.2) is 6.61 Å². The minimum Gasteiger partial charge on any atom is -0.483 e. The zero-order valence-corrected chi connectivity index (χ0v) is 20.1. The van der Waals surface area contributed by atoms with Crippen molar-refractivity contribution in [2.24, 2.45) is 5.10 Å². The first-order valence-corrected chi connectivity index (χ1v) is 11.7. The Morgan fingerprint density at radius 3 is 2.52 bits per heavy atom. The Hall–Kier alpha value is -3.20. The zero-order valence-electron chi connectivity index (χ0n) is 17.0. The molecule has 0 atom stereocenters. The van der Waals surface area contributed by atoms with Crippen LogP contribution in [0.15, 0.2) is 82.4 Å². The van der Waals surface area contributed by atoms with Gasteiger partial charge in [-0.1, -0.05) is 41.9 Å². The summed E-state index contributed by atoms with van der Waals surface area (Å²) in [4.78, 5) is 24.8. The number of hydrogen-bond acceptors (Lipinski definition) is 6. The minimum absolute atomic E-state index is 0.171. The third-order valence-electron chi connectivity index (χ3n) is 4.41. The van der Waals surface area contributed by atoms with Crippen LogP contribution in [0.25, 0.3) is 10.1 Å². The van der Waals surface area contributed by atoms with Crippen LogP contribution >= 0.6 is 38.9 Å². The van der Waals surface area contributed by atoms with Gasteiger partial charge in [0, 0.05) is 10.1 Å². The molecular weight excluding hydrogens is 528 g/mol. The first-order valence-electron chi connectivity index (χ1n) is 9.70. The summed E-state index contributed by atoms with van der Waals surface area (Å²) in [6.45, 7) is -0.171. The van der Waals surface area contributed by atoms with Crippen LogP contribution in [0, 0.1) is 0 Å². The van der Waals surface area contributed by atoms with Crippen LogP contribution in [0.5, 0.6) is 11.5 Å². The third-order valence-corrected chi connectivity index (χ3v) is 6.72. The highest BCUT2D eigenvalue weighted by atomic mass is 79.9. The van der Waals surface area contributed by atoms with Crippen molar-refractivity contribution in [3.05, 3.63) is 92.7 Å². The molecule has 3 aromatic carbocycles. The van der Waals surface area contributed by atoms with Gasteiger partial charge in [-0.15, -0.1) is 11.3 Å². The fraction of sp³-hybridized carbons (Fsp3) is 0.0417. The second-order valence-corrected chi connectivity index (χ2v) is 9.00. The Kier molecular flexibility index (Phi) is 7.39. The Morgan fingerprint density at radius 1 is 1.03 bits per heavy atom. The molecule has 4 rings (SSSR count). The maximum Gasteiger partial charge on any atom is 0.355 e. The molecule has 0 aliphatic rings. The van der Waals surface area contributed by atoms with Crippen LogP contribution in [0.3, 0.4) is 0 Å². The lowest BCUT2D eigenvalue weighted by atomic mass is 10.2. The average molecular weight is 544 g/mol. The van der Waals surface area contributed by atoms with Crippen molar-refractivity contribution in [3.63, 3.8) is 0 Å². The summed E-state index contributed by atoms with van der Waals surface area (Å²) in [5.74, 6) is 0.0305. The van der Waals surface area contributed by atoms with Gasteiger partial charge in [-0.2, -0.15) is 5.10 Å². The van der Waals surface area contributed by atoms with Gasteiger partial charge in [-0.05, 0) is 64.0 Å². The van der Waals surface area contributed by atoms with Gasteiger partial charge in [-0.25, -0.2) is 10.2 Å². The molecule has 0 fully saturated rings. The lowest BCUT2D eigenvalue weighted by Crippen LogP contribution is -2.24. The number of hydrazone groups is 1. The molecule has 0 unspecified atom stereocenters. The van der Waals surface area contributed by atoms with Gasteiger partial charge in [-0.3, -0.25) is 4.79 Å².